The lowest BCUT2D eigenvalue weighted by atomic mass is 10.2. The Labute approximate surface area is 118 Å². The van der Waals surface area contributed by atoms with Gasteiger partial charge in [-0.15, -0.1) is 0 Å². The van der Waals surface area contributed by atoms with Crippen molar-refractivity contribution in [2.24, 2.45) is 0 Å². The number of hydrogen-bond acceptors (Lipinski definition) is 2. The van der Waals surface area contributed by atoms with Gasteiger partial charge < -0.3 is 11.1 Å². The van der Waals surface area contributed by atoms with Gasteiger partial charge in [-0.05, 0) is 23.8 Å². The molecule has 0 unspecified atom stereocenters. The molecule has 3 nitrogen and oxygen atoms in total. The summed E-state index contributed by atoms with van der Waals surface area (Å²) in [6.45, 7) is 0. The van der Waals surface area contributed by atoms with Crippen LogP contribution in [0.4, 0.5) is 24.5 Å². The maximum absolute atomic E-state index is 13.3. The highest BCUT2D eigenvalue weighted by Crippen LogP contribution is 2.20. The fourth-order valence-electron chi connectivity index (χ4n) is 1.61. The van der Waals surface area contributed by atoms with Crippen molar-refractivity contribution in [3.63, 3.8) is 0 Å². The van der Waals surface area contributed by atoms with Crippen LogP contribution >= 0.6 is 0 Å². The Kier molecular flexibility index (Phi) is 4.27. The molecule has 0 aliphatic heterocycles. The average molecular weight is 292 g/mol. The third-order valence-electron chi connectivity index (χ3n) is 2.62. The number of nitrogens with one attached hydrogen (secondary N) is 1. The fourth-order valence-corrected chi connectivity index (χ4v) is 1.61. The quantitative estimate of drug-likeness (QED) is 0.673. The molecule has 0 fully saturated rings. The van der Waals surface area contributed by atoms with E-state index in [-0.39, 0.29) is 0 Å². The number of benzene rings is 2. The molecule has 0 aliphatic carbocycles. The van der Waals surface area contributed by atoms with Gasteiger partial charge in [-0.2, -0.15) is 0 Å². The largest absolute Gasteiger partial charge is 0.399 e. The first-order valence-corrected chi connectivity index (χ1v) is 5.95. The van der Waals surface area contributed by atoms with Gasteiger partial charge in [-0.3, -0.25) is 4.79 Å². The summed E-state index contributed by atoms with van der Waals surface area (Å²) in [4.78, 5) is 11.6. The predicted octanol–water partition coefficient (Wildman–Crippen LogP) is 3.34. The number of anilines is 2. The number of halogens is 3. The highest BCUT2D eigenvalue weighted by atomic mass is 19.1. The summed E-state index contributed by atoms with van der Waals surface area (Å²) >= 11 is 0. The molecule has 1 amide bonds. The van der Waals surface area contributed by atoms with E-state index < -0.39 is 29.0 Å². The first-order chi connectivity index (χ1) is 9.95. The lowest BCUT2D eigenvalue weighted by molar-refractivity contribution is -0.111. The van der Waals surface area contributed by atoms with Gasteiger partial charge in [0.1, 0.15) is 11.5 Å². The lowest BCUT2D eigenvalue weighted by Gasteiger charge is -2.05. The topological polar surface area (TPSA) is 55.1 Å². The zero-order valence-corrected chi connectivity index (χ0v) is 10.7. The monoisotopic (exact) mass is 292 g/mol. The van der Waals surface area contributed by atoms with Gasteiger partial charge in [-0.25, -0.2) is 13.2 Å². The normalized spacial score (nSPS) is 10.8. The minimum atomic E-state index is -1.18. The van der Waals surface area contributed by atoms with E-state index in [1.165, 1.54) is 6.08 Å². The van der Waals surface area contributed by atoms with Crippen LogP contribution in [0.3, 0.4) is 0 Å². The zero-order valence-electron chi connectivity index (χ0n) is 10.7. The van der Waals surface area contributed by atoms with Crippen molar-refractivity contribution >= 4 is 23.4 Å². The van der Waals surface area contributed by atoms with E-state index in [0.717, 1.165) is 6.08 Å². The second-order valence-corrected chi connectivity index (χ2v) is 4.23. The van der Waals surface area contributed by atoms with Gasteiger partial charge in [0.25, 0.3) is 0 Å². The molecular weight excluding hydrogens is 281 g/mol. The maximum atomic E-state index is 13.3. The smallest absolute Gasteiger partial charge is 0.248 e. The molecule has 2 aromatic carbocycles. The molecule has 0 aromatic heterocycles. The van der Waals surface area contributed by atoms with E-state index in [1.807, 2.05) is 5.32 Å². The van der Waals surface area contributed by atoms with Crippen molar-refractivity contribution in [2.75, 3.05) is 11.1 Å². The van der Waals surface area contributed by atoms with Crippen molar-refractivity contribution in [1.29, 1.82) is 0 Å². The molecular formula is C15H11F3N2O. The van der Waals surface area contributed by atoms with Crippen molar-refractivity contribution in [1.82, 2.24) is 0 Å². The molecule has 2 aromatic rings. The molecule has 0 aliphatic rings. The Morgan fingerprint density at radius 1 is 1.05 bits per heavy atom. The van der Waals surface area contributed by atoms with Crippen LogP contribution in [0.5, 0.6) is 0 Å². The molecule has 3 N–H and O–H groups in total. The summed E-state index contributed by atoms with van der Waals surface area (Å²) in [7, 11) is 0. The van der Waals surface area contributed by atoms with Crippen LogP contribution in [-0.4, -0.2) is 5.91 Å². The first kappa shape index (κ1) is 14.6. The van der Waals surface area contributed by atoms with Gasteiger partial charge in [0.15, 0.2) is 11.6 Å². The Morgan fingerprint density at radius 2 is 1.62 bits per heavy atom. The van der Waals surface area contributed by atoms with E-state index in [9.17, 15) is 18.0 Å². The first-order valence-electron chi connectivity index (χ1n) is 5.95. The second-order valence-electron chi connectivity index (χ2n) is 4.23. The zero-order chi connectivity index (χ0) is 15.4. The van der Waals surface area contributed by atoms with Crippen molar-refractivity contribution in [3.05, 3.63) is 65.5 Å². The molecule has 0 saturated carbocycles. The van der Waals surface area contributed by atoms with E-state index in [1.54, 1.807) is 24.3 Å². The van der Waals surface area contributed by atoms with Crippen LogP contribution < -0.4 is 11.1 Å². The molecule has 0 radical (unpaired) electrons. The summed E-state index contributed by atoms with van der Waals surface area (Å²) in [6.07, 6.45) is 2.56. The number of nitrogens with two attached hydrogens (primary N) is 1. The Morgan fingerprint density at radius 3 is 2.19 bits per heavy atom. The summed E-state index contributed by atoms with van der Waals surface area (Å²) in [5, 5.41) is 2.02. The van der Waals surface area contributed by atoms with E-state index in [0.29, 0.717) is 23.4 Å². The van der Waals surface area contributed by atoms with Crippen LogP contribution in [0.1, 0.15) is 5.56 Å². The van der Waals surface area contributed by atoms with Crippen molar-refractivity contribution in [3.8, 4) is 0 Å². The summed E-state index contributed by atoms with van der Waals surface area (Å²) in [5.41, 5.74) is 6.09. The highest BCUT2D eigenvalue weighted by Gasteiger charge is 2.12. The number of hydrogen-bond donors (Lipinski definition) is 2. The molecule has 0 bridgehead atoms. The van der Waals surface area contributed by atoms with Crippen LogP contribution in [0.15, 0.2) is 42.5 Å². The number of amides is 1. The molecule has 0 heterocycles. The number of rotatable bonds is 3. The molecule has 2 rings (SSSR count). The maximum Gasteiger partial charge on any atom is 0.248 e. The van der Waals surface area contributed by atoms with E-state index >= 15 is 0 Å². The second kappa shape index (κ2) is 6.13. The third-order valence-corrected chi connectivity index (χ3v) is 2.62. The van der Waals surface area contributed by atoms with E-state index in [4.69, 9.17) is 5.73 Å². The van der Waals surface area contributed by atoms with Gasteiger partial charge in [0.05, 0.1) is 0 Å². The average Bonchev–Trinajstić information content (AvgIpc) is 2.42. The standard InChI is InChI=1S/C15H11F3N2O/c16-10-7-12(17)15(13(18)8-10)20-14(21)6-3-9-1-4-11(19)5-2-9/h1-8H,19H2,(H,20,21)/b6-3+. The number of carbonyl (C=O) groups is 1. The van der Waals surface area contributed by atoms with Gasteiger partial charge in [0.2, 0.25) is 5.91 Å². The Bertz CT molecular complexity index is 674. The molecule has 0 saturated heterocycles. The van der Waals surface area contributed by atoms with Gasteiger partial charge >= 0.3 is 0 Å². The third kappa shape index (κ3) is 3.85. The lowest BCUT2D eigenvalue weighted by Crippen LogP contribution is -2.11. The van der Waals surface area contributed by atoms with Gasteiger partial charge in [0, 0.05) is 23.9 Å². The van der Waals surface area contributed by atoms with Gasteiger partial charge in [-0.1, -0.05) is 12.1 Å². The number of carbonyl (C=O) groups excluding carboxylic acids is 1. The highest BCUT2D eigenvalue weighted by molar-refractivity contribution is 6.02. The minimum absolute atomic E-state index is 0.488. The molecule has 21 heavy (non-hydrogen) atoms. The fraction of sp³-hybridized carbons (Fsp3) is 0. The molecule has 108 valence electrons. The van der Waals surface area contributed by atoms with Crippen molar-refractivity contribution < 1.29 is 18.0 Å². The van der Waals surface area contributed by atoms with Crippen LogP contribution in [-0.2, 0) is 4.79 Å². The van der Waals surface area contributed by atoms with Crippen LogP contribution in [0, 0.1) is 17.5 Å². The summed E-state index contributed by atoms with van der Waals surface area (Å²) in [5.74, 6) is -4.15. The Balaban J connectivity index is 2.10. The summed E-state index contributed by atoms with van der Waals surface area (Å²) < 4.78 is 39.4. The number of nitrogen functional groups attached to an aromatic ring is 1. The molecule has 0 spiro atoms. The minimum Gasteiger partial charge on any atom is -0.399 e. The Hall–Kier alpha value is -2.76. The molecule has 0 atom stereocenters. The van der Waals surface area contributed by atoms with Crippen LogP contribution in [0.2, 0.25) is 0 Å². The predicted molar refractivity (Wildman–Crippen MR) is 74.8 cm³/mol. The van der Waals surface area contributed by atoms with E-state index in [2.05, 4.69) is 0 Å². The summed E-state index contributed by atoms with van der Waals surface area (Å²) in [6, 6.07) is 7.63. The van der Waals surface area contributed by atoms with Crippen LogP contribution in [0.25, 0.3) is 6.08 Å². The molecule has 6 heteroatoms. The SMILES string of the molecule is Nc1ccc(/C=C/C(=O)Nc2c(F)cc(F)cc2F)cc1. The van der Waals surface area contributed by atoms with Crippen molar-refractivity contribution in [2.45, 2.75) is 0 Å².